The molecule has 14 heavy (non-hydrogen) atoms. The van der Waals surface area contributed by atoms with Crippen molar-refractivity contribution in [3.8, 4) is 6.07 Å². The molecule has 0 aliphatic rings. The van der Waals surface area contributed by atoms with Crippen LogP contribution in [0.4, 0.5) is 5.69 Å². The van der Waals surface area contributed by atoms with Gasteiger partial charge in [0.15, 0.2) is 0 Å². The summed E-state index contributed by atoms with van der Waals surface area (Å²) in [5.74, 6) is 0. The van der Waals surface area contributed by atoms with Gasteiger partial charge in [0.05, 0.1) is 17.9 Å². The average molecular weight is 255 g/mol. The van der Waals surface area contributed by atoms with Crippen molar-refractivity contribution in [3.63, 3.8) is 0 Å². The SMILES string of the molecule is C[C@@H](CO)Nc1cccc(Br)c1C#N. The number of aliphatic hydroxyl groups excluding tert-OH is 1. The second-order valence-electron chi connectivity index (χ2n) is 3.00. The highest BCUT2D eigenvalue weighted by molar-refractivity contribution is 9.10. The van der Waals surface area contributed by atoms with Crippen molar-refractivity contribution in [2.75, 3.05) is 11.9 Å². The molecule has 2 N–H and O–H groups in total. The lowest BCUT2D eigenvalue weighted by Crippen LogP contribution is -2.19. The van der Waals surface area contributed by atoms with Crippen molar-refractivity contribution >= 4 is 21.6 Å². The maximum Gasteiger partial charge on any atom is 0.103 e. The summed E-state index contributed by atoms with van der Waals surface area (Å²) in [6.45, 7) is 1.89. The lowest BCUT2D eigenvalue weighted by Gasteiger charge is -2.13. The number of hydrogen-bond acceptors (Lipinski definition) is 3. The van der Waals surface area contributed by atoms with E-state index in [-0.39, 0.29) is 12.6 Å². The van der Waals surface area contributed by atoms with E-state index >= 15 is 0 Å². The maximum absolute atomic E-state index is 8.90. The van der Waals surface area contributed by atoms with E-state index in [2.05, 4.69) is 27.3 Å². The standard InChI is InChI=1S/C10H11BrN2O/c1-7(6-14)13-10-4-2-3-9(11)8(10)5-12/h2-4,7,13-14H,6H2,1H3/t7-/m0/s1. The molecule has 1 atom stereocenters. The van der Waals surface area contributed by atoms with Crippen LogP contribution >= 0.6 is 15.9 Å². The number of nitriles is 1. The fourth-order valence-corrected chi connectivity index (χ4v) is 1.52. The molecule has 0 aliphatic heterocycles. The lowest BCUT2D eigenvalue weighted by molar-refractivity contribution is 0.281. The van der Waals surface area contributed by atoms with Crippen LogP contribution in [0.2, 0.25) is 0 Å². The van der Waals surface area contributed by atoms with E-state index in [1.807, 2.05) is 25.1 Å². The van der Waals surface area contributed by atoms with Gasteiger partial charge in [-0.3, -0.25) is 0 Å². The molecule has 0 bridgehead atoms. The average Bonchev–Trinajstić information content (AvgIpc) is 2.18. The first-order valence-corrected chi connectivity index (χ1v) is 5.04. The molecule has 74 valence electrons. The summed E-state index contributed by atoms with van der Waals surface area (Å²) in [4.78, 5) is 0. The van der Waals surface area contributed by atoms with Gasteiger partial charge in [-0.05, 0) is 35.0 Å². The summed E-state index contributed by atoms with van der Waals surface area (Å²) in [7, 11) is 0. The lowest BCUT2D eigenvalue weighted by atomic mass is 10.2. The molecule has 4 heteroatoms. The minimum atomic E-state index is -0.0589. The Hall–Kier alpha value is -1.05. The van der Waals surface area contributed by atoms with E-state index in [1.165, 1.54) is 0 Å². The van der Waals surface area contributed by atoms with Crippen LogP contribution < -0.4 is 5.32 Å². The topological polar surface area (TPSA) is 56.0 Å². The summed E-state index contributed by atoms with van der Waals surface area (Å²) in [5.41, 5.74) is 1.30. The van der Waals surface area contributed by atoms with E-state index in [9.17, 15) is 0 Å². The van der Waals surface area contributed by atoms with Gasteiger partial charge in [0.25, 0.3) is 0 Å². The van der Waals surface area contributed by atoms with Gasteiger partial charge in [-0.25, -0.2) is 0 Å². The molecule has 0 fully saturated rings. The number of benzene rings is 1. The predicted molar refractivity (Wildman–Crippen MR) is 59.0 cm³/mol. The van der Waals surface area contributed by atoms with Crippen molar-refractivity contribution in [3.05, 3.63) is 28.2 Å². The Morgan fingerprint density at radius 2 is 2.36 bits per heavy atom. The zero-order valence-electron chi connectivity index (χ0n) is 7.79. The molecule has 3 nitrogen and oxygen atoms in total. The van der Waals surface area contributed by atoms with Crippen LogP contribution in [-0.4, -0.2) is 17.8 Å². The van der Waals surface area contributed by atoms with E-state index in [1.54, 1.807) is 0 Å². The zero-order valence-corrected chi connectivity index (χ0v) is 9.37. The number of rotatable bonds is 3. The van der Waals surface area contributed by atoms with Gasteiger partial charge in [0, 0.05) is 10.5 Å². The molecule has 0 aromatic heterocycles. The fourth-order valence-electron chi connectivity index (χ4n) is 1.07. The van der Waals surface area contributed by atoms with Gasteiger partial charge in [-0.2, -0.15) is 5.26 Å². The summed E-state index contributed by atoms with van der Waals surface area (Å²) < 4.78 is 0.759. The summed E-state index contributed by atoms with van der Waals surface area (Å²) in [6, 6.07) is 7.52. The van der Waals surface area contributed by atoms with Crippen molar-refractivity contribution in [2.24, 2.45) is 0 Å². The monoisotopic (exact) mass is 254 g/mol. The van der Waals surface area contributed by atoms with Crippen molar-refractivity contribution in [1.82, 2.24) is 0 Å². The molecule has 1 aromatic carbocycles. The van der Waals surface area contributed by atoms with Gasteiger partial charge >= 0.3 is 0 Å². The van der Waals surface area contributed by atoms with E-state index in [0.29, 0.717) is 5.56 Å². The van der Waals surface area contributed by atoms with Crippen molar-refractivity contribution < 1.29 is 5.11 Å². The number of anilines is 1. The Labute approximate surface area is 91.5 Å². The Bertz CT molecular complexity index is 360. The van der Waals surface area contributed by atoms with E-state index < -0.39 is 0 Å². The van der Waals surface area contributed by atoms with Gasteiger partial charge < -0.3 is 10.4 Å². The molecule has 0 aliphatic carbocycles. The van der Waals surface area contributed by atoms with E-state index in [4.69, 9.17) is 10.4 Å². The Kier molecular flexibility index (Phi) is 3.93. The largest absolute Gasteiger partial charge is 0.394 e. The minimum Gasteiger partial charge on any atom is -0.394 e. The molecular weight excluding hydrogens is 244 g/mol. The number of nitrogens with one attached hydrogen (secondary N) is 1. The van der Waals surface area contributed by atoms with Gasteiger partial charge in [-0.1, -0.05) is 6.07 Å². The first-order chi connectivity index (χ1) is 6.69. The molecule has 0 spiro atoms. The van der Waals surface area contributed by atoms with Crippen LogP contribution in [0.3, 0.4) is 0 Å². The van der Waals surface area contributed by atoms with Gasteiger partial charge in [-0.15, -0.1) is 0 Å². The molecule has 0 amide bonds. The minimum absolute atomic E-state index is 0.0391. The van der Waals surface area contributed by atoms with Crippen LogP contribution in [0.15, 0.2) is 22.7 Å². The zero-order chi connectivity index (χ0) is 10.6. The predicted octanol–water partition coefficient (Wildman–Crippen LogP) is 2.11. The second kappa shape index (κ2) is 4.99. The number of nitrogens with zero attached hydrogens (tertiary/aromatic N) is 1. The highest BCUT2D eigenvalue weighted by Crippen LogP contribution is 2.24. The molecule has 0 radical (unpaired) electrons. The summed E-state index contributed by atoms with van der Waals surface area (Å²) in [6.07, 6.45) is 0. The number of halogens is 1. The van der Waals surface area contributed by atoms with Crippen molar-refractivity contribution in [1.29, 1.82) is 5.26 Å². The molecular formula is C10H11BrN2O. The third-order valence-corrected chi connectivity index (χ3v) is 2.46. The molecule has 0 heterocycles. The van der Waals surface area contributed by atoms with E-state index in [0.717, 1.165) is 10.2 Å². The molecule has 0 saturated carbocycles. The number of aliphatic hydroxyl groups is 1. The quantitative estimate of drug-likeness (QED) is 0.869. The number of hydrogen-bond donors (Lipinski definition) is 2. The normalized spacial score (nSPS) is 11.9. The first kappa shape index (κ1) is 11.0. The second-order valence-corrected chi connectivity index (χ2v) is 3.86. The molecule has 0 saturated heterocycles. The smallest absolute Gasteiger partial charge is 0.103 e. The molecule has 1 rings (SSSR count). The first-order valence-electron chi connectivity index (χ1n) is 4.25. The third kappa shape index (κ3) is 2.47. The Morgan fingerprint density at radius 3 is 2.93 bits per heavy atom. The molecule has 1 aromatic rings. The maximum atomic E-state index is 8.90. The van der Waals surface area contributed by atoms with Crippen LogP contribution in [0.1, 0.15) is 12.5 Å². The van der Waals surface area contributed by atoms with Crippen LogP contribution in [0.25, 0.3) is 0 Å². The third-order valence-electron chi connectivity index (χ3n) is 1.80. The Morgan fingerprint density at radius 1 is 1.64 bits per heavy atom. The van der Waals surface area contributed by atoms with Gasteiger partial charge in [0.1, 0.15) is 6.07 Å². The molecule has 0 unspecified atom stereocenters. The summed E-state index contributed by atoms with van der Waals surface area (Å²) >= 11 is 3.29. The fraction of sp³-hybridized carbons (Fsp3) is 0.300. The van der Waals surface area contributed by atoms with Crippen LogP contribution in [-0.2, 0) is 0 Å². The van der Waals surface area contributed by atoms with Crippen LogP contribution in [0, 0.1) is 11.3 Å². The van der Waals surface area contributed by atoms with Crippen LogP contribution in [0.5, 0.6) is 0 Å². The highest BCUT2D eigenvalue weighted by atomic mass is 79.9. The summed E-state index contributed by atoms with van der Waals surface area (Å²) in [5, 5.41) is 20.8. The Balaban J connectivity index is 2.98. The highest BCUT2D eigenvalue weighted by Gasteiger charge is 2.07. The van der Waals surface area contributed by atoms with Crippen molar-refractivity contribution in [2.45, 2.75) is 13.0 Å². The van der Waals surface area contributed by atoms with Gasteiger partial charge in [0.2, 0.25) is 0 Å².